The lowest BCUT2D eigenvalue weighted by atomic mass is 9.97. The summed E-state index contributed by atoms with van der Waals surface area (Å²) in [7, 11) is 0. The summed E-state index contributed by atoms with van der Waals surface area (Å²) in [6.07, 6.45) is 3.47. The zero-order chi connectivity index (χ0) is 13.8. The summed E-state index contributed by atoms with van der Waals surface area (Å²) in [5.41, 5.74) is 7.78. The summed E-state index contributed by atoms with van der Waals surface area (Å²) < 4.78 is 0. The summed E-state index contributed by atoms with van der Waals surface area (Å²) in [6, 6.07) is 5.46. The average molecular weight is 262 g/mol. The first kappa shape index (κ1) is 13.9. The topological polar surface area (TPSA) is 75.3 Å². The predicted octanol–water partition coefficient (Wildman–Crippen LogP) is 2.29. The van der Waals surface area contributed by atoms with E-state index in [0.29, 0.717) is 23.1 Å². The molecular formula is C15H22N2O2. The number of rotatable bonds is 5. The van der Waals surface area contributed by atoms with E-state index in [9.17, 15) is 9.90 Å². The van der Waals surface area contributed by atoms with E-state index < -0.39 is 0 Å². The van der Waals surface area contributed by atoms with Crippen LogP contribution in [0.1, 0.15) is 36.5 Å². The fourth-order valence-electron chi connectivity index (χ4n) is 2.84. The van der Waals surface area contributed by atoms with Crippen molar-refractivity contribution in [3.8, 4) is 0 Å². The molecule has 0 amide bonds. The molecule has 19 heavy (non-hydrogen) atoms. The quantitative estimate of drug-likeness (QED) is 0.562. The van der Waals surface area contributed by atoms with Gasteiger partial charge in [0, 0.05) is 30.1 Å². The molecule has 1 saturated carbocycles. The number of aliphatic hydroxyl groups excluding tert-OH is 1. The van der Waals surface area contributed by atoms with Gasteiger partial charge >= 0.3 is 0 Å². The summed E-state index contributed by atoms with van der Waals surface area (Å²) in [4.78, 5) is 11.4. The molecule has 1 aromatic carbocycles. The zero-order valence-electron chi connectivity index (χ0n) is 11.4. The molecule has 0 aliphatic heterocycles. The molecule has 0 bridgehead atoms. The maximum Gasteiger partial charge on any atom is 0.161 e. The second-order valence-corrected chi connectivity index (χ2v) is 5.37. The number of nitrogen functional groups attached to an aromatic ring is 1. The molecule has 4 heteroatoms. The molecule has 0 aromatic heterocycles. The molecule has 2 atom stereocenters. The lowest BCUT2D eigenvalue weighted by Gasteiger charge is -2.19. The summed E-state index contributed by atoms with van der Waals surface area (Å²) >= 11 is 0. The van der Waals surface area contributed by atoms with Gasteiger partial charge in [-0.05, 0) is 49.8 Å². The Morgan fingerprint density at radius 2 is 2.16 bits per heavy atom. The minimum absolute atomic E-state index is 0.0183. The number of Topliss-reactive ketones (excluding diaryl/α,β-unsaturated/α-hetero) is 1. The summed E-state index contributed by atoms with van der Waals surface area (Å²) in [6.45, 7) is 2.63. The van der Waals surface area contributed by atoms with Crippen molar-refractivity contribution in [3.05, 3.63) is 23.8 Å². The van der Waals surface area contributed by atoms with Crippen LogP contribution in [0.15, 0.2) is 18.2 Å². The number of anilines is 2. The fraction of sp³-hybridized carbons (Fsp3) is 0.533. The Kier molecular flexibility index (Phi) is 4.43. The van der Waals surface area contributed by atoms with Gasteiger partial charge in [-0.15, -0.1) is 0 Å². The van der Waals surface area contributed by atoms with Crippen LogP contribution in [0, 0.1) is 11.8 Å². The third kappa shape index (κ3) is 3.26. The van der Waals surface area contributed by atoms with Gasteiger partial charge in [-0.1, -0.05) is 6.42 Å². The average Bonchev–Trinajstić information content (AvgIpc) is 2.84. The number of carbonyl (C=O) groups is 1. The molecule has 0 radical (unpaired) electrons. The van der Waals surface area contributed by atoms with Crippen LogP contribution in [-0.4, -0.2) is 24.0 Å². The molecule has 2 unspecified atom stereocenters. The Morgan fingerprint density at radius 3 is 2.84 bits per heavy atom. The minimum Gasteiger partial charge on any atom is -0.398 e. The highest BCUT2D eigenvalue weighted by molar-refractivity contribution is 5.99. The van der Waals surface area contributed by atoms with E-state index in [4.69, 9.17) is 5.73 Å². The Balaban J connectivity index is 2.00. The molecule has 2 rings (SSSR count). The van der Waals surface area contributed by atoms with E-state index in [2.05, 4.69) is 5.32 Å². The van der Waals surface area contributed by atoms with E-state index in [1.165, 1.54) is 13.3 Å². The third-order valence-electron chi connectivity index (χ3n) is 4.05. The first-order valence-corrected chi connectivity index (χ1v) is 6.87. The van der Waals surface area contributed by atoms with Gasteiger partial charge in [0.1, 0.15) is 0 Å². The smallest absolute Gasteiger partial charge is 0.161 e. The first-order chi connectivity index (χ1) is 9.11. The van der Waals surface area contributed by atoms with Crippen LogP contribution in [0.4, 0.5) is 11.4 Å². The lowest BCUT2D eigenvalue weighted by Crippen LogP contribution is -2.20. The number of ketones is 1. The predicted molar refractivity (Wildman–Crippen MR) is 77.3 cm³/mol. The van der Waals surface area contributed by atoms with Crippen molar-refractivity contribution in [3.63, 3.8) is 0 Å². The van der Waals surface area contributed by atoms with Gasteiger partial charge < -0.3 is 16.2 Å². The van der Waals surface area contributed by atoms with E-state index in [1.807, 2.05) is 6.07 Å². The second-order valence-electron chi connectivity index (χ2n) is 5.37. The number of aliphatic hydroxyl groups is 1. The van der Waals surface area contributed by atoms with Crippen molar-refractivity contribution in [1.82, 2.24) is 0 Å². The van der Waals surface area contributed by atoms with Gasteiger partial charge in [0.25, 0.3) is 0 Å². The molecule has 0 spiro atoms. The molecule has 1 aromatic rings. The van der Waals surface area contributed by atoms with E-state index in [1.54, 1.807) is 12.1 Å². The standard InChI is InChI=1S/C15H22N2O2/c1-10(19)14-7-13(5-6-15(14)16)17-8-11-3-2-4-12(11)9-18/h5-7,11-12,17-18H,2-4,8-9,16H2,1H3. The van der Waals surface area contributed by atoms with Gasteiger partial charge in [-0.25, -0.2) is 0 Å². The van der Waals surface area contributed by atoms with Crippen molar-refractivity contribution in [2.45, 2.75) is 26.2 Å². The van der Waals surface area contributed by atoms with Gasteiger partial charge in [-0.3, -0.25) is 4.79 Å². The number of hydrogen-bond acceptors (Lipinski definition) is 4. The van der Waals surface area contributed by atoms with Crippen LogP contribution in [0.5, 0.6) is 0 Å². The maximum absolute atomic E-state index is 11.4. The Morgan fingerprint density at radius 1 is 1.42 bits per heavy atom. The van der Waals surface area contributed by atoms with Crippen LogP contribution in [0.2, 0.25) is 0 Å². The first-order valence-electron chi connectivity index (χ1n) is 6.87. The molecule has 4 N–H and O–H groups in total. The zero-order valence-corrected chi connectivity index (χ0v) is 11.4. The SMILES string of the molecule is CC(=O)c1cc(NCC2CCCC2CO)ccc1N. The normalized spacial score (nSPS) is 22.4. The van der Waals surface area contributed by atoms with Crippen LogP contribution in [0.3, 0.4) is 0 Å². The number of hydrogen-bond donors (Lipinski definition) is 3. The highest BCUT2D eigenvalue weighted by Crippen LogP contribution is 2.31. The van der Waals surface area contributed by atoms with Crippen LogP contribution in [0.25, 0.3) is 0 Å². The number of nitrogens with two attached hydrogens (primary N) is 1. The van der Waals surface area contributed by atoms with Crippen molar-refractivity contribution in [1.29, 1.82) is 0 Å². The van der Waals surface area contributed by atoms with Gasteiger partial charge in [0.15, 0.2) is 5.78 Å². The molecule has 1 aliphatic carbocycles. The minimum atomic E-state index is -0.0183. The summed E-state index contributed by atoms with van der Waals surface area (Å²) in [5, 5.41) is 12.7. The van der Waals surface area contributed by atoms with Crippen molar-refractivity contribution < 1.29 is 9.90 Å². The largest absolute Gasteiger partial charge is 0.398 e. The monoisotopic (exact) mass is 262 g/mol. The molecule has 1 fully saturated rings. The molecule has 0 heterocycles. The molecule has 0 saturated heterocycles. The highest BCUT2D eigenvalue weighted by Gasteiger charge is 2.26. The van der Waals surface area contributed by atoms with Crippen molar-refractivity contribution in [2.24, 2.45) is 11.8 Å². The van der Waals surface area contributed by atoms with E-state index >= 15 is 0 Å². The molecule has 4 nitrogen and oxygen atoms in total. The van der Waals surface area contributed by atoms with Crippen LogP contribution in [-0.2, 0) is 0 Å². The Labute approximate surface area is 114 Å². The molecular weight excluding hydrogens is 240 g/mol. The van der Waals surface area contributed by atoms with Crippen LogP contribution < -0.4 is 11.1 Å². The van der Waals surface area contributed by atoms with Crippen molar-refractivity contribution in [2.75, 3.05) is 24.2 Å². The van der Waals surface area contributed by atoms with Crippen LogP contribution >= 0.6 is 0 Å². The number of benzene rings is 1. The number of carbonyl (C=O) groups excluding carboxylic acids is 1. The molecule has 1 aliphatic rings. The van der Waals surface area contributed by atoms with Gasteiger partial charge in [-0.2, -0.15) is 0 Å². The third-order valence-corrected chi connectivity index (χ3v) is 4.05. The summed E-state index contributed by atoms with van der Waals surface area (Å²) in [5.74, 6) is 0.909. The lowest BCUT2D eigenvalue weighted by molar-refractivity contribution is 0.101. The van der Waals surface area contributed by atoms with Gasteiger partial charge in [0.05, 0.1) is 0 Å². The highest BCUT2D eigenvalue weighted by atomic mass is 16.3. The van der Waals surface area contributed by atoms with E-state index in [0.717, 1.165) is 25.1 Å². The van der Waals surface area contributed by atoms with Gasteiger partial charge in [0.2, 0.25) is 0 Å². The number of nitrogens with one attached hydrogen (secondary N) is 1. The second kappa shape index (κ2) is 6.06. The maximum atomic E-state index is 11.4. The van der Waals surface area contributed by atoms with E-state index in [-0.39, 0.29) is 12.4 Å². The van der Waals surface area contributed by atoms with Crippen molar-refractivity contribution >= 4 is 17.2 Å². The Bertz CT molecular complexity index is 459. The Hall–Kier alpha value is -1.55. The fourth-order valence-corrected chi connectivity index (χ4v) is 2.84. The molecule has 104 valence electrons.